The summed E-state index contributed by atoms with van der Waals surface area (Å²) in [5.41, 5.74) is 4.46. The Morgan fingerprint density at radius 3 is 1.50 bits per heavy atom. The Balaban J connectivity index is 2.25. The molecule has 0 heterocycles. The number of benzene rings is 2. The second-order valence-corrected chi connectivity index (χ2v) is 7.57. The molecular weight excluding hydrogens is 404 g/mol. The summed E-state index contributed by atoms with van der Waals surface area (Å²) in [5.74, 6) is 0.0416. The average molecular weight is 424 g/mol. The van der Waals surface area contributed by atoms with Crippen LogP contribution < -0.4 is 0 Å². The predicted octanol–water partition coefficient (Wildman–Crippen LogP) is 6.30. The minimum Gasteiger partial charge on any atom is -0.298 e. The third kappa shape index (κ3) is 3.69. The van der Waals surface area contributed by atoms with Crippen LogP contribution in [0.3, 0.4) is 0 Å². The number of ketones is 1. The lowest BCUT2D eigenvalue weighted by atomic mass is 9.85. The molecule has 0 amide bonds. The molecule has 2 aromatic rings. The van der Waals surface area contributed by atoms with Gasteiger partial charge in [0.15, 0.2) is 0 Å². The maximum Gasteiger partial charge on any atom is 0.147 e. The van der Waals surface area contributed by atoms with Crippen LogP contribution in [0.1, 0.15) is 47.9 Å². The van der Waals surface area contributed by atoms with E-state index in [0.717, 1.165) is 31.2 Å². The Kier molecular flexibility index (Phi) is 5.62. The fourth-order valence-electron chi connectivity index (χ4n) is 2.58. The number of halogens is 2. The van der Waals surface area contributed by atoms with E-state index in [9.17, 15) is 4.79 Å². The molecule has 0 aliphatic heterocycles. The summed E-state index contributed by atoms with van der Waals surface area (Å²) >= 11 is 7.01. The van der Waals surface area contributed by atoms with Crippen LogP contribution in [0.15, 0.2) is 45.3 Å². The number of hydrogen-bond acceptors (Lipinski definition) is 1. The van der Waals surface area contributed by atoms with Crippen LogP contribution in [-0.4, -0.2) is 5.78 Å². The van der Waals surface area contributed by atoms with Gasteiger partial charge in [0.1, 0.15) is 5.78 Å². The summed E-state index contributed by atoms with van der Waals surface area (Å²) in [7, 11) is 0. The number of carbonyl (C=O) groups excluding carboxylic acids is 1. The van der Waals surface area contributed by atoms with E-state index >= 15 is 0 Å². The zero-order valence-corrected chi connectivity index (χ0v) is 16.5. The van der Waals surface area contributed by atoms with Gasteiger partial charge in [-0.25, -0.2) is 0 Å². The second-order valence-electron chi connectivity index (χ2n) is 5.86. The van der Waals surface area contributed by atoms with Gasteiger partial charge >= 0.3 is 0 Å². The van der Waals surface area contributed by atoms with Gasteiger partial charge in [-0.05, 0) is 48.2 Å². The van der Waals surface area contributed by atoms with E-state index in [1.54, 1.807) is 0 Å². The van der Waals surface area contributed by atoms with E-state index in [2.05, 4.69) is 44.0 Å². The Bertz CT molecular complexity index is 647. The zero-order valence-electron chi connectivity index (χ0n) is 13.3. The van der Waals surface area contributed by atoms with Gasteiger partial charge in [-0.15, -0.1) is 0 Å². The lowest BCUT2D eigenvalue weighted by Crippen LogP contribution is -2.16. The molecule has 0 aliphatic carbocycles. The molecule has 0 aromatic heterocycles. The molecule has 0 saturated heterocycles. The van der Waals surface area contributed by atoms with E-state index in [1.165, 1.54) is 0 Å². The van der Waals surface area contributed by atoms with Crippen molar-refractivity contribution in [3.63, 3.8) is 0 Å². The number of aryl methyl sites for hydroxylation is 2. The molecule has 2 atom stereocenters. The van der Waals surface area contributed by atoms with Crippen molar-refractivity contribution in [1.29, 1.82) is 0 Å². The minimum absolute atomic E-state index is 0.106. The summed E-state index contributed by atoms with van der Waals surface area (Å²) in [6.07, 6.45) is 0. The Hall–Kier alpha value is -0.930. The fraction of sp³-hybridized carbons (Fsp3) is 0.316. The lowest BCUT2D eigenvalue weighted by Gasteiger charge is -2.18. The summed E-state index contributed by atoms with van der Waals surface area (Å²) in [6, 6.07) is 12.3. The number of Topliss-reactive ketones (excluding diaryl/α,β-unsaturated/α-hetero) is 1. The summed E-state index contributed by atoms with van der Waals surface area (Å²) in [6.45, 7) is 8.08. The highest BCUT2D eigenvalue weighted by Gasteiger charge is 2.23. The van der Waals surface area contributed by atoms with E-state index < -0.39 is 0 Å². The van der Waals surface area contributed by atoms with Crippen molar-refractivity contribution in [2.75, 3.05) is 0 Å². The van der Waals surface area contributed by atoms with Gasteiger partial charge in [0, 0.05) is 20.8 Å². The number of rotatable bonds is 4. The van der Waals surface area contributed by atoms with Gasteiger partial charge in [0.25, 0.3) is 0 Å². The topological polar surface area (TPSA) is 17.1 Å². The van der Waals surface area contributed by atoms with E-state index in [4.69, 9.17) is 0 Å². The largest absolute Gasteiger partial charge is 0.298 e. The summed E-state index contributed by atoms with van der Waals surface area (Å²) in [4.78, 5) is 12.8. The first-order valence-electron chi connectivity index (χ1n) is 7.37. The molecule has 2 unspecified atom stereocenters. The van der Waals surface area contributed by atoms with E-state index in [0.29, 0.717) is 0 Å². The van der Waals surface area contributed by atoms with Crippen molar-refractivity contribution < 1.29 is 4.79 Å². The SMILES string of the molecule is Cc1cc(C(C)C(=O)C(C)c2ccc(Br)c(C)c2)ccc1Br. The predicted molar refractivity (Wildman–Crippen MR) is 99.6 cm³/mol. The first-order valence-corrected chi connectivity index (χ1v) is 8.95. The van der Waals surface area contributed by atoms with Crippen molar-refractivity contribution in [1.82, 2.24) is 0 Å². The van der Waals surface area contributed by atoms with Crippen molar-refractivity contribution in [2.45, 2.75) is 39.5 Å². The van der Waals surface area contributed by atoms with Crippen molar-refractivity contribution in [3.8, 4) is 0 Å². The Morgan fingerprint density at radius 1 is 0.818 bits per heavy atom. The first-order chi connectivity index (χ1) is 10.3. The monoisotopic (exact) mass is 422 g/mol. The molecular formula is C19H20Br2O. The molecule has 2 aromatic carbocycles. The Labute approximate surface area is 149 Å². The van der Waals surface area contributed by atoms with Crippen LogP contribution in [-0.2, 0) is 4.79 Å². The highest BCUT2D eigenvalue weighted by molar-refractivity contribution is 9.10. The first kappa shape index (κ1) is 17.4. The fourth-order valence-corrected chi connectivity index (χ4v) is 3.07. The average Bonchev–Trinajstić information content (AvgIpc) is 2.50. The molecule has 3 heteroatoms. The van der Waals surface area contributed by atoms with E-state index in [-0.39, 0.29) is 17.6 Å². The van der Waals surface area contributed by atoms with Crippen LogP contribution in [0.4, 0.5) is 0 Å². The molecule has 22 heavy (non-hydrogen) atoms. The van der Waals surface area contributed by atoms with Crippen LogP contribution in [0, 0.1) is 13.8 Å². The summed E-state index contributed by atoms with van der Waals surface area (Å²) < 4.78 is 2.15. The molecule has 0 fully saturated rings. The number of carbonyl (C=O) groups is 1. The molecule has 2 rings (SSSR count). The van der Waals surface area contributed by atoms with Gasteiger partial charge in [0.2, 0.25) is 0 Å². The molecule has 116 valence electrons. The molecule has 1 nitrogen and oxygen atoms in total. The van der Waals surface area contributed by atoms with Gasteiger partial charge in [-0.2, -0.15) is 0 Å². The molecule has 0 spiro atoms. The number of hydrogen-bond donors (Lipinski definition) is 0. The van der Waals surface area contributed by atoms with Gasteiger partial charge < -0.3 is 0 Å². The molecule has 0 N–H and O–H groups in total. The molecule has 0 saturated carbocycles. The van der Waals surface area contributed by atoms with Crippen molar-refractivity contribution in [2.24, 2.45) is 0 Å². The van der Waals surface area contributed by atoms with Gasteiger partial charge in [0.05, 0.1) is 0 Å². The lowest BCUT2D eigenvalue weighted by molar-refractivity contribution is -0.121. The maximum atomic E-state index is 12.8. The molecule has 0 bridgehead atoms. The normalized spacial score (nSPS) is 13.7. The van der Waals surface area contributed by atoms with Crippen LogP contribution >= 0.6 is 31.9 Å². The third-order valence-electron chi connectivity index (χ3n) is 4.22. The second kappa shape index (κ2) is 7.10. The molecule has 0 radical (unpaired) electrons. The van der Waals surface area contributed by atoms with Crippen molar-refractivity contribution in [3.05, 3.63) is 67.6 Å². The van der Waals surface area contributed by atoms with Crippen LogP contribution in [0.5, 0.6) is 0 Å². The molecule has 0 aliphatic rings. The third-order valence-corrected chi connectivity index (χ3v) is 6.00. The van der Waals surface area contributed by atoms with Gasteiger partial charge in [-0.3, -0.25) is 4.79 Å². The maximum absolute atomic E-state index is 12.8. The minimum atomic E-state index is -0.106. The highest BCUT2D eigenvalue weighted by Crippen LogP contribution is 2.30. The summed E-state index contributed by atoms with van der Waals surface area (Å²) in [5, 5.41) is 0. The van der Waals surface area contributed by atoms with Crippen LogP contribution in [0.2, 0.25) is 0 Å². The zero-order chi connectivity index (χ0) is 16.4. The smallest absolute Gasteiger partial charge is 0.147 e. The standard InChI is InChI=1S/C19H20Br2O/c1-11-9-15(5-7-17(11)20)13(3)19(22)14(4)16-6-8-18(21)12(2)10-16/h5-10,13-14H,1-4H3. The van der Waals surface area contributed by atoms with Crippen LogP contribution in [0.25, 0.3) is 0 Å². The highest BCUT2D eigenvalue weighted by atomic mass is 79.9. The van der Waals surface area contributed by atoms with Gasteiger partial charge in [-0.1, -0.05) is 70.0 Å². The van der Waals surface area contributed by atoms with Crippen molar-refractivity contribution >= 4 is 37.6 Å². The Morgan fingerprint density at radius 2 is 1.18 bits per heavy atom. The quantitative estimate of drug-likeness (QED) is 0.563. The van der Waals surface area contributed by atoms with E-state index in [1.807, 2.05) is 52.0 Å².